The first kappa shape index (κ1) is 86.1. The van der Waals surface area contributed by atoms with E-state index < -0.39 is 0 Å². The molecule has 8 unspecified atom stereocenters. The van der Waals surface area contributed by atoms with Gasteiger partial charge in [0.2, 0.25) is 41.5 Å². The molecule has 0 spiro atoms. The molecule has 668 valence electrons. The third-order valence-electron chi connectivity index (χ3n) is 24.4. The maximum Gasteiger partial charge on any atom is 0.256 e. The van der Waals surface area contributed by atoms with E-state index >= 15 is 0 Å². The van der Waals surface area contributed by atoms with Crippen molar-refractivity contribution in [2.75, 3.05) is 122 Å². The summed E-state index contributed by atoms with van der Waals surface area (Å²) in [5.74, 6) is 8.47. The number of methoxy groups -OCH3 is 4. The van der Waals surface area contributed by atoms with Gasteiger partial charge in [-0.1, -0.05) is 60.9 Å². The molecule has 20 rings (SSSR count). The van der Waals surface area contributed by atoms with Crippen LogP contribution in [0.1, 0.15) is 95.4 Å². The molecule has 8 aliphatic rings. The van der Waals surface area contributed by atoms with E-state index in [4.69, 9.17) is 59.2 Å². The standard InChI is InChI=1S/C23H29N9O2.C21H27N9O2.C20H27N9O2.C20H26N8O2/c1-5-18(33)25-15-12-31(10-13(15)2)22-27-19(26-16-11-30(3)28-21(16)34-4)20-24-9-17(32(20)29-22)23-6-14(7-23)8-23;1-5-17(31)23-14-11-29(9-12(14)2)21-25-18(24-15-10-28(3)26-20(15)32-4)19-22-8-16(13-6-7-13)30(19)27-21;1-6-13-8-21-18-17(23-15-10-27(4)25-19(15)31-5)24-20(26-29(13)18)28-9-12(3)14(11-28)22-16(30)7-2;1-6-17(29)22-14-10-27(8-12(14)2)16-11-28-13(3)7-21-19(28)18(24-16)23-15-9-26(4)25-20(15)30-5/h5,9,11,13-15H,1,6-8,10,12H2,2-4H3,(H,25,33)(H,26,27,29);5,8,10,12-14H,1,6-7,9,11H2,2-4H3,(H,23,31)(H,24,25,27);7-8,10,12,14H,2,6,9,11H2,1,3-5H3,(H,22,30)(H,23,24,26);6-7,9,11-12,14H,1,8,10H2,2-5H3,(H,22,29)(H,23,24). The molecule has 127 heavy (non-hydrogen) atoms. The minimum absolute atomic E-state index is 0.000290. The second-order valence-electron chi connectivity index (χ2n) is 33.7. The van der Waals surface area contributed by atoms with Crippen LogP contribution in [0.15, 0.2) is 106 Å². The van der Waals surface area contributed by atoms with Crippen molar-refractivity contribution in [3.63, 3.8) is 0 Å². The molecule has 0 radical (unpaired) electrons. The summed E-state index contributed by atoms with van der Waals surface area (Å²) in [6.07, 6.45) is 28.6. The van der Waals surface area contributed by atoms with Crippen molar-refractivity contribution >= 4 is 116 Å². The minimum Gasteiger partial charge on any atom is -0.478 e. The highest BCUT2D eigenvalue weighted by atomic mass is 16.5. The number of nitrogens with one attached hydrogen (secondary N) is 8. The lowest BCUT2D eigenvalue weighted by atomic mass is 9.43. The zero-order valence-corrected chi connectivity index (χ0v) is 73.8. The monoisotopic (exact) mass is 1740 g/mol. The van der Waals surface area contributed by atoms with E-state index in [-0.39, 0.29) is 76.9 Å². The Labute approximate surface area is 731 Å². The minimum atomic E-state index is -0.177. The SMILES string of the molecule is C=CC(=O)NC1CN(c2cn3c(C)cnc3c(Nc3cn(C)nc3OC)n2)CC1C.C=CC(=O)NC1CN(c2nc(Nc3cn(C)nc3OC)c3ncc(C45CC(C4)C5)n3n2)CC1C.C=CC(=O)NC1CN(c2nc(Nc3cn(C)nc3OC)c3ncc(C4CC4)n3n2)CC1C.C=CC(=O)NC1CN(c2nc(Nc3cn(C)nc3OC)c3ncc(CC)n3n2)CC1C. The molecule has 4 aliphatic carbocycles. The summed E-state index contributed by atoms with van der Waals surface area (Å²) in [7, 11) is 13.6. The van der Waals surface area contributed by atoms with E-state index in [9.17, 15) is 19.2 Å². The molecule has 12 aromatic rings. The number of hydrogen-bond acceptors (Lipinski definition) is 31. The van der Waals surface area contributed by atoms with Crippen LogP contribution in [0, 0.1) is 36.5 Å². The normalized spacial score (nSPS) is 21.4. The summed E-state index contributed by atoms with van der Waals surface area (Å²) in [5, 5.41) is 57.1. The number of amides is 4. The van der Waals surface area contributed by atoms with Crippen molar-refractivity contribution in [3.8, 4) is 23.5 Å². The molecular formula is C84H109N35O8. The second-order valence-corrected chi connectivity index (χ2v) is 33.7. The van der Waals surface area contributed by atoms with Crippen molar-refractivity contribution in [2.24, 2.45) is 57.8 Å². The predicted octanol–water partition coefficient (Wildman–Crippen LogP) is 6.35. The topological polar surface area (TPSA) is 445 Å². The van der Waals surface area contributed by atoms with Crippen LogP contribution < -0.4 is 81.1 Å². The number of carbonyl (C=O) groups excluding carboxylic acids is 4. The second kappa shape index (κ2) is 35.7. The Balaban J connectivity index is 0.000000125. The maximum absolute atomic E-state index is 11.9. The van der Waals surface area contributed by atoms with E-state index in [2.05, 4.69) is 158 Å². The lowest BCUT2D eigenvalue weighted by Gasteiger charge is -2.61. The van der Waals surface area contributed by atoms with Crippen LogP contribution in [0.2, 0.25) is 0 Å². The quantitative estimate of drug-likeness (QED) is 0.0260. The lowest BCUT2D eigenvalue weighted by Crippen LogP contribution is -2.55. The highest BCUT2D eigenvalue weighted by Crippen LogP contribution is 2.65. The third-order valence-corrected chi connectivity index (χ3v) is 24.4. The number of aryl methyl sites for hydroxylation is 6. The van der Waals surface area contributed by atoms with Gasteiger partial charge < -0.3 is 81.1 Å². The summed E-state index contributed by atoms with van der Waals surface area (Å²) in [5.41, 5.74) is 9.87. The van der Waals surface area contributed by atoms with Gasteiger partial charge in [-0.05, 0) is 99.3 Å². The van der Waals surface area contributed by atoms with Crippen LogP contribution in [0.4, 0.5) is 69.7 Å². The summed E-state index contributed by atoms with van der Waals surface area (Å²) in [4.78, 5) is 93.4. The van der Waals surface area contributed by atoms with Crippen LogP contribution in [0.3, 0.4) is 0 Å². The van der Waals surface area contributed by atoms with Gasteiger partial charge >= 0.3 is 0 Å². The number of anilines is 12. The molecule has 43 heteroatoms. The number of carbonyl (C=O) groups is 4. The highest BCUT2D eigenvalue weighted by Gasteiger charge is 2.59. The van der Waals surface area contributed by atoms with E-state index in [1.807, 2.05) is 103 Å². The fourth-order valence-corrected chi connectivity index (χ4v) is 17.3. The highest BCUT2D eigenvalue weighted by molar-refractivity contribution is 5.89. The van der Waals surface area contributed by atoms with Crippen LogP contribution >= 0.6 is 0 Å². The lowest BCUT2D eigenvalue weighted by molar-refractivity contribution is -0.118. The fourth-order valence-electron chi connectivity index (χ4n) is 17.3. The van der Waals surface area contributed by atoms with Gasteiger partial charge in [-0.25, -0.2) is 38.5 Å². The molecule has 8 atom stereocenters. The first-order valence-corrected chi connectivity index (χ1v) is 42.4. The van der Waals surface area contributed by atoms with E-state index in [0.717, 1.165) is 80.0 Å². The molecule has 8 fully saturated rings. The molecule has 4 aliphatic heterocycles. The van der Waals surface area contributed by atoms with Crippen molar-refractivity contribution < 1.29 is 38.1 Å². The number of imidazole rings is 4. The van der Waals surface area contributed by atoms with Gasteiger partial charge in [-0.15, -0.1) is 35.7 Å². The Morgan fingerprint density at radius 1 is 0.433 bits per heavy atom. The van der Waals surface area contributed by atoms with Crippen molar-refractivity contribution in [1.29, 1.82) is 0 Å². The van der Waals surface area contributed by atoms with Gasteiger partial charge in [-0.2, -0.15) is 15.0 Å². The van der Waals surface area contributed by atoms with Crippen molar-refractivity contribution in [2.45, 2.75) is 116 Å². The van der Waals surface area contributed by atoms with Gasteiger partial charge in [-0.3, -0.25) is 42.3 Å². The van der Waals surface area contributed by atoms with Crippen LogP contribution in [0.25, 0.3) is 22.6 Å². The Kier molecular flexibility index (Phi) is 24.2. The van der Waals surface area contributed by atoms with Gasteiger partial charge in [0.1, 0.15) is 28.6 Å². The molecule has 2 bridgehead atoms. The van der Waals surface area contributed by atoms with Crippen LogP contribution in [-0.4, -0.2) is 241 Å². The summed E-state index contributed by atoms with van der Waals surface area (Å²) in [6, 6.07) is 0.0274. The van der Waals surface area contributed by atoms with E-state index in [0.29, 0.717) is 142 Å². The van der Waals surface area contributed by atoms with Crippen LogP contribution in [-0.2, 0) is 59.2 Å². The molecule has 43 nitrogen and oxygen atoms in total. The zero-order chi connectivity index (χ0) is 89.6. The molecule has 16 heterocycles. The fraction of sp³-hybridized carbons (Fsp3) is 0.464. The number of ether oxygens (including phenoxy) is 4. The molecule has 12 aromatic heterocycles. The summed E-state index contributed by atoms with van der Waals surface area (Å²) < 4.78 is 35.9. The largest absolute Gasteiger partial charge is 0.478 e. The molecular weight excluding hydrogens is 1630 g/mol. The third kappa shape index (κ3) is 17.6. The van der Waals surface area contributed by atoms with Crippen molar-refractivity contribution in [3.05, 3.63) is 129 Å². The average Bonchev–Trinajstić information content (AvgIpc) is 1.64. The van der Waals surface area contributed by atoms with E-state index in [1.165, 1.54) is 43.6 Å². The van der Waals surface area contributed by atoms with Crippen molar-refractivity contribution in [1.82, 2.24) is 134 Å². The molecule has 0 aromatic carbocycles. The Morgan fingerprint density at radius 2 is 0.780 bits per heavy atom. The number of aromatic nitrogens is 23. The molecule has 4 amide bonds. The zero-order valence-electron chi connectivity index (χ0n) is 73.8. The maximum atomic E-state index is 11.9. The number of fused-ring (bicyclic) bond motifs is 4. The Hall–Kier alpha value is -14.5. The number of nitrogens with zero attached hydrogens (tertiary/aromatic N) is 27. The van der Waals surface area contributed by atoms with Gasteiger partial charge in [0.25, 0.3) is 23.5 Å². The van der Waals surface area contributed by atoms with Crippen LogP contribution in [0.5, 0.6) is 23.5 Å². The Bertz CT molecular complexity index is 6140. The predicted molar refractivity (Wildman–Crippen MR) is 477 cm³/mol. The molecule has 8 N–H and O–H groups in total. The number of rotatable bonds is 27. The van der Waals surface area contributed by atoms with Gasteiger partial charge in [0.05, 0.1) is 119 Å². The van der Waals surface area contributed by atoms with E-state index in [1.54, 1.807) is 53.4 Å². The first-order chi connectivity index (χ1) is 61.2. The molecule has 4 saturated carbocycles. The smallest absolute Gasteiger partial charge is 0.256 e. The number of hydrogen-bond donors (Lipinski definition) is 8. The van der Waals surface area contributed by atoms with Gasteiger partial charge in [0.15, 0.2) is 45.9 Å². The first-order valence-electron chi connectivity index (χ1n) is 42.4. The van der Waals surface area contributed by atoms with Gasteiger partial charge in [0, 0.05) is 104 Å². The summed E-state index contributed by atoms with van der Waals surface area (Å²) >= 11 is 0. The summed E-state index contributed by atoms with van der Waals surface area (Å²) in [6.45, 7) is 32.2. The average molecular weight is 1740 g/mol. The molecule has 4 saturated heterocycles. The Morgan fingerprint density at radius 3 is 1.16 bits per heavy atom.